The number of hydrogen-bond acceptors (Lipinski definition) is 4. The van der Waals surface area contributed by atoms with Gasteiger partial charge in [-0.05, 0) is 19.3 Å². The Morgan fingerprint density at radius 3 is 2.71 bits per heavy atom. The zero-order valence-electron chi connectivity index (χ0n) is 10.6. The van der Waals surface area contributed by atoms with E-state index in [9.17, 15) is 9.90 Å². The third kappa shape index (κ3) is 5.02. The molecule has 0 bridgehead atoms. The third-order valence-electron chi connectivity index (χ3n) is 3.33. The summed E-state index contributed by atoms with van der Waals surface area (Å²) < 4.78 is 4.90. The summed E-state index contributed by atoms with van der Waals surface area (Å²) in [5, 5.41) is 15.4. The van der Waals surface area contributed by atoms with E-state index in [0.29, 0.717) is 13.2 Å². The van der Waals surface area contributed by atoms with Crippen LogP contribution in [0.5, 0.6) is 0 Å². The molecule has 5 nitrogen and oxygen atoms in total. The van der Waals surface area contributed by atoms with Crippen LogP contribution < -0.4 is 10.6 Å². The topological polar surface area (TPSA) is 70.6 Å². The Kier molecular flexibility index (Phi) is 6.47. The summed E-state index contributed by atoms with van der Waals surface area (Å²) >= 11 is 0. The first kappa shape index (κ1) is 14.4. The van der Waals surface area contributed by atoms with Crippen LogP contribution in [0, 0.1) is 0 Å². The van der Waals surface area contributed by atoms with E-state index in [1.54, 1.807) is 7.11 Å². The molecule has 1 fully saturated rings. The Bertz CT molecular complexity index is 228. The van der Waals surface area contributed by atoms with Crippen LogP contribution in [-0.4, -0.2) is 50.0 Å². The van der Waals surface area contributed by atoms with Crippen molar-refractivity contribution in [3.05, 3.63) is 0 Å². The lowest BCUT2D eigenvalue weighted by molar-refractivity contribution is -0.120. The fourth-order valence-corrected chi connectivity index (χ4v) is 2.22. The number of nitrogens with one attached hydrogen (secondary N) is 2. The Morgan fingerprint density at radius 2 is 2.12 bits per heavy atom. The molecule has 0 aromatic carbocycles. The first-order chi connectivity index (χ1) is 8.22. The van der Waals surface area contributed by atoms with Gasteiger partial charge in [-0.2, -0.15) is 0 Å². The summed E-state index contributed by atoms with van der Waals surface area (Å²) in [5.74, 6) is -0.0131. The molecule has 17 heavy (non-hydrogen) atoms. The highest BCUT2D eigenvalue weighted by Gasteiger charge is 2.32. The summed E-state index contributed by atoms with van der Waals surface area (Å²) in [6.07, 6.45) is 5.00. The van der Waals surface area contributed by atoms with Crippen molar-refractivity contribution in [1.29, 1.82) is 0 Å². The van der Waals surface area contributed by atoms with Gasteiger partial charge in [0, 0.05) is 25.8 Å². The Hall–Kier alpha value is -0.650. The lowest BCUT2D eigenvalue weighted by Crippen LogP contribution is -2.50. The average Bonchev–Trinajstić information content (AvgIpc) is 2.82. The summed E-state index contributed by atoms with van der Waals surface area (Å²) in [4.78, 5) is 11.5. The molecular formula is C12H24N2O3. The summed E-state index contributed by atoms with van der Waals surface area (Å²) in [6.45, 7) is 1.70. The molecule has 0 aromatic heterocycles. The van der Waals surface area contributed by atoms with Crippen molar-refractivity contribution in [2.45, 2.75) is 37.6 Å². The van der Waals surface area contributed by atoms with E-state index in [1.165, 1.54) is 0 Å². The SMILES string of the molecule is COCCCNC(=O)CNC1(CO)CCCC1. The molecule has 1 saturated carbocycles. The molecule has 0 aromatic rings. The third-order valence-corrected chi connectivity index (χ3v) is 3.33. The molecule has 0 radical (unpaired) electrons. The quantitative estimate of drug-likeness (QED) is 0.527. The maximum atomic E-state index is 11.5. The number of aliphatic hydroxyl groups is 1. The molecule has 0 atom stereocenters. The van der Waals surface area contributed by atoms with Gasteiger partial charge in [0.25, 0.3) is 0 Å². The molecular weight excluding hydrogens is 220 g/mol. The highest BCUT2D eigenvalue weighted by atomic mass is 16.5. The zero-order chi connectivity index (χ0) is 12.6. The molecule has 0 aliphatic heterocycles. The second kappa shape index (κ2) is 7.63. The summed E-state index contributed by atoms with van der Waals surface area (Å²) in [6, 6.07) is 0. The van der Waals surface area contributed by atoms with Gasteiger partial charge >= 0.3 is 0 Å². The van der Waals surface area contributed by atoms with Gasteiger partial charge in [0.1, 0.15) is 0 Å². The average molecular weight is 244 g/mol. The smallest absolute Gasteiger partial charge is 0.233 e. The number of methoxy groups -OCH3 is 1. The van der Waals surface area contributed by atoms with Crippen LogP contribution in [0.15, 0.2) is 0 Å². The fourth-order valence-electron chi connectivity index (χ4n) is 2.22. The normalized spacial score (nSPS) is 18.2. The van der Waals surface area contributed by atoms with Crippen LogP contribution in [0.1, 0.15) is 32.1 Å². The Morgan fingerprint density at radius 1 is 1.41 bits per heavy atom. The number of amides is 1. The van der Waals surface area contributed by atoms with E-state index in [1.807, 2.05) is 0 Å². The van der Waals surface area contributed by atoms with Crippen LogP contribution in [0.4, 0.5) is 0 Å². The van der Waals surface area contributed by atoms with Crippen molar-refractivity contribution < 1.29 is 14.6 Å². The molecule has 5 heteroatoms. The summed E-state index contributed by atoms with van der Waals surface area (Å²) in [5.41, 5.74) is -0.218. The highest BCUT2D eigenvalue weighted by molar-refractivity contribution is 5.78. The van der Waals surface area contributed by atoms with Crippen molar-refractivity contribution in [1.82, 2.24) is 10.6 Å². The van der Waals surface area contributed by atoms with E-state index < -0.39 is 0 Å². The molecule has 1 aliphatic rings. The van der Waals surface area contributed by atoms with Gasteiger partial charge in [0.2, 0.25) is 5.91 Å². The van der Waals surface area contributed by atoms with E-state index >= 15 is 0 Å². The van der Waals surface area contributed by atoms with E-state index in [0.717, 1.165) is 32.1 Å². The standard InChI is InChI=1S/C12H24N2O3/c1-17-8-4-7-13-11(16)9-14-12(10-15)5-2-3-6-12/h14-15H,2-10H2,1H3,(H,13,16). The van der Waals surface area contributed by atoms with Crippen molar-refractivity contribution in [3.63, 3.8) is 0 Å². The molecule has 1 rings (SSSR count). The summed E-state index contributed by atoms with van der Waals surface area (Å²) in [7, 11) is 1.65. The number of carbonyl (C=O) groups excluding carboxylic acids is 1. The van der Waals surface area contributed by atoms with Crippen LogP contribution in [0.25, 0.3) is 0 Å². The van der Waals surface area contributed by atoms with Crippen molar-refractivity contribution in [3.8, 4) is 0 Å². The number of hydrogen-bond donors (Lipinski definition) is 3. The zero-order valence-corrected chi connectivity index (χ0v) is 10.6. The van der Waals surface area contributed by atoms with Gasteiger partial charge in [-0.3, -0.25) is 4.79 Å². The minimum Gasteiger partial charge on any atom is -0.394 e. The molecule has 0 saturated heterocycles. The highest BCUT2D eigenvalue weighted by Crippen LogP contribution is 2.28. The second-order valence-electron chi connectivity index (χ2n) is 4.70. The van der Waals surface area contributed by atoms with Crippen molar-refractivity contribution in [2.24, 2.45) is 0 Å². The molecule has 1 amide bonds. The predicted molar refractivity (Wildman–Crippen MR) is 65.8 cm³/mol. The lowest BCUT2D eigenvalue weighted by atomic mass is 9.99. The van der Waals surface area contributed by atoms with Crippen molar-refractivity contribution >= 4 is 5.91 Å². The molecule has 3 N–H and O–H groups in total. The van der Waals surface area contributed by atoms with E-state index in [2.05, 4.69) is 10.6 Å². The number of rotatable bonds is 8. The Balaban J connectivity index is 2.14. The van der Waals surface area contributed by atoms with Crippen LogP contribution >= 0.6 is 0 Å². The predicted octanol–water partition coefficient (Wildman–Crippen LogP) is 0.0338. The molecule has 0 heterocycles. The number of ether oxygens (including phenoxy) is 1. The fraction of sp³-hybridized carbons (Fsp3) is 0.917. The van der Waals surface area contributed by atoms with E-state index in [-0.39, 0.29) is 24.6 Å². The number of carbonyl (C=O) groups is 1. The lowest BCUT2D eigenvalue weighted by Gasteiger charge is -2.27. The minimum atomic E-state index is -0.218. The molecule has 0 unspecified atom stereocenters. The van der Waals surface area contributed by atoms with Gasteiger partial charge in [0.15, 0.2) is 0 Å². The first-order valence-corrected chi connectivity index (χ1v) is 6.34. The molecule has 0 spiro atoms. The van der Waals surface area contributed by atoms with Gasteiger partial charge in [-0.25, -0.2) is 0 Å². The van der Waals surface area contributed by atoms with Gasteiger partial charge < -0.3 is 20.5 Å². The van der Waals surface area contributed by atoms with Gasteiger partial charge in [-0.1, -0.05) is 12.8 Å². The van der Waals surface area contributed by atoms with E-state index in [4.69, 9.17) is 4.74 Å². The van der Waals surface area contributed by atoms with Gasteiger partial charge in [-0.15, -0.1) is 0 Å². The monoisotopic (exact) mass is 244 g/mol. The van der Waals surface area contributed by atoms with Crippen LogP contribution in [0.3, 0.4) is 0 Å². The molecule has 1 aliphatic carbocycles. The van der Waals surface area contributed by atoms with Gasteiger partial charge in [0.05, 0.1) is 13.2 Å². The first-order valence-electron chi connectivity index (χ1n) is 6.34. The van der Waals surface area contributed by atoms with Crippen LogP contribution in [-0.2, 0) is 9.53 Å². The van der Waals surface area contributed by atoms with Crippen LogP contribution in [0.2, 0.25) is 0 Å². The second-order valence-corrected chi connectivity index (χ2v) is 4.70. The molecule has 100 valence electrons. The largest absolute Gasteiger partial charge is 0.394 e. The Labute approximate surface area is 103 Å². The van der Waals surface area contributed by atoms with Crippen molar-refractivity contribution in [2.75, 3.05) is 33.4 Å². The minimum absolute atomic E-state index is 0.0131. The maximum Gasteiger partial charge on any atom is 0.233 e. The maximum absolute atomic E-state index is 11.5. The number of aliphatic hydroxyl groups excluding tert-OH is 1.